The van der Waals surface area contributed by atoms with Crippen LogP contribution in [0, 0.1) is 0 Å². The van der Waals surface area contributed by atoms with Gasteiger partial charge < -0.3 is 10.2 Å². The lowest BCUT2D eigenvalue weighted by molar-refractivity contribution is 0.560. The third-order valence-electron chi connectivity index (χ3n) is 1.13. The van der Waals surface area contributed by atoms with E-state index in [1.807, 2.05) is 6.92 Å². The molecule has 0 aliphatic rings. The van der Waals surface area contributed by atoms with Crippen LogP contribution in [0.15, 0.2) is 21.4 Å². The molecule has 0 saturated carbocycles. The maximum absolute atomic E-state index is 5.57. The van der Waals surface area contributed by atoms with Gasteiger partial charge in [0, 0.05) is 11.6 Å². The van der Waals surface area contributed by atoms with Crippen molar-refractivity contribution >= 4 is 15.9 Å². The minimum Gasteiger partial charge on any atom is -0.471 e. The van der Waals surface area contributed by atoms with Crippen molar-refractivity contribution in [2.45, 2.75) is 13.0 Å². The number of halogens is 1. The molecule has 0 bridgehead atoms. The molecule has 0 amide bonds. The van der Waals surface area contributed by atoms with Gasteiger partial charge in [-0.25, -0.2) is 0 Å². The van der Waals surface area contributed by atoms with Crippen LogP contribution in [0.1, 0.15) is 18.5 Å². The van der Waals surface area contributed by atoms with Crippen LogP contribution in [0.5, 0.6) is 0 Å². The predicted octanol–water partition coefficient (Wildman–Crippen LogP) is 2.06. The number of hydrogen-bond acceptors (Lipinski definition) is 2. The molecule has 0 radical (unpaired) electrons. The second kappa shape index (κ2) is 2.54. The lowest BCUT2D eigenvalue weighted by Crippen LogP contribution is -2.03. The Kier molecular flexibility index (Phi) is 1.93. The summed E-state index contributed by atoms with van der Waals surface area (Å²) in [5.41, 5.74) is 6.58. The fourth-order valence-electron chi connectivity index (χ4n) is 0.616. The molecule has 50 valence electrons. The van der Waals surface area contributed by atoms with Gasteiger partial charge in [-0.1, -0.05) is 0 Å². The van der Waals surface area contributed by atoms with Crippen LogP contribution >= 0.6 is 15.9 Å². The molecule has 0 spiro atoms. The Morgan fingerprint density at radius 2 is 2.33 bits per heavy atom. The van der Waals surface area contributed by atoms with Gasteiger partial charge in [0.05, 0.1) is 10.7 Å². The van der Waals surface area contributed by atoms with E-state index in [-0.39, 0.29) is 6.04 Å². The summed E-state index contributed by atoms with van der Waals surface area (Å²) in [7, 11) is 0. The Hall–Kier alpha value is -0.280. The van der Waals surface area contributed by atoms with Crippen LogP contribution in [0.4, 0.5) is 0 Å². The van der Waals surface area contributed by atoms with Crippen molar-refractivity contribution in [1.82, 2.24) is 0 Å². The van der Waals surface area contributed by atoms with E-state index < -0.39 is 0 Å². The zero-order valence-corrected chi connectivity index (χ0v) is 6.68. The quantitative estimate of drug-likeness (QED) is 0.735. The van der Waals surface area contributed by atoms with Crippen LogP contribution in [0.3, 0.4) is 0 Å². The van der Waals surface area contributed by atoms with Gasteiger partial charge in [-0.2, -0.15) is 0 Å². The molecule has 0 unspecified atom stereocenters. The van der Waals surface area contributed by atoms with Crippen LogP contribution in [-0.2, 0) is 0 Å². The molecule has 2 N–H and O–H groups in total. The summed E-state index contributed by atoms with van der Waals surface area (Å²) in [5, 5.41) is 0. The number of nitrogens with two attached hydrogens (primary N) is 1. The van der Waals surface area contributed by atoms with Crippen molar-refractivity contribution in [3.8, 4) is 0 Å². The average Bonchev–Trinajstić information content (AvgIpc) is 2.13. The maximum Gasteiger partial charge on any atom is 0.105 e. The van der Waals surface area contributed by atoms with Crippen LogP contribution in [0.25, 0.3) is 0 Å². The molecule has 0 aliphatic heterocycles. The molecule has 0 aliphatic carbocycles. The molecule has 9 heavy (non-hydrogen) atoms. The Morgan fingerprint density at radius 3 is 2.56 bits per heavy atom. The fourth-order valence-corrected chi connectivity index (χ4v) is 1.18. The summed E-state index contributed by atoms with van der Waals surface area (Å²) in [6, 6.07) is 0.0399. The number of furan rings is 1. The Labute approximate surface area is 62.2 Å². The lowest BCUT2D eigenvalue weighted by atomic mass is 10.2. The van der Waals surface area contributed by atoms with Crippen molar-refractivity contribution in [1.29, 1.82) is 0 Å². The van der Waals surface area contributed by atoms with Gasteiger partial charge >= 0.3 is 0 Å². The minimum atomic E-state index is 0.0399. The molecular formula is C6H8BrNO. The molecule has 1 heterocycles. The average molecular weight is 190 g/mol. The second-order valence-electron chi connectivity index (χ2n) is 1.96. The molecule has 1 atom stereocenters. The fraction of sp³-hybridized carbons (Fsp3) is 0.333. The van der Waals surface area contributed by atoms with Gasteiger partial charge in [0.15, 0.2) is 0 Å². The smallest absolute Gasteiger partial charge is 0.105 e. The van der Waals surface area contributed by atoms with E-state index in [1.54, 1.807) is 12.5 Å². The van der Waals surface area contributed by atoms with E-state index >= 15 is 0 Å². The normalized spacial score (nSPS) is 13.7. The predicted molar refractivity (Wildman–Crippen MR) is 39.0 cm³/mol. The minimum absolute atomic E-state index is 0.0399. The van der Waals surface area contributed by atoms with Crippen LogP contribution in [-0.4, -0.2) is 0 Å². The van der Waals surface area contributed by atoms with E-state index in [4.69, 9.17) is 10.2 Å². The summed E-state index contributed by atoms with van der Waals surface area (Å²) in [4.78, 5) is 0. The van der Waals surface area contributed by atoms with E-state index in [9.17, 15) is 0 Å². The van der Waals surface area contributed by atoms with Crippen LogP contribution in [0.2, 0.25) is 0 Å². The molecule has 3 heteroatoms. The Morgan fingerprint density at radius 1 is 1.67 bits per heavy atom. The monoisotopic (exact) mass is 189 g/mol. The summed E-state index contributed by atoms with van der Waals surface area (Å²) in [5.74, 6) is 0. The highest BCUT2D eigenvalue weighted by Crippen LogP contribution is 2.21. The van der Waals surface area contributed by atoms with Gasteiger partial charge in [-0.05, 0) is 22.9 Å². The van der Waals surface area contributed by atoms with E-state index in [2.05, 4.69) is 15.9 Å². The molecular weight excluding hydrogens is 182 g/mol. The van der Waals surface area contributed by atoms with Crippen molar-refractivity contribution in [2.75, 3.05) is 0 Å². The third-order valence-corrected chi connectivity index (χ3v) is 1.78. The highest BCUT2D eigenvalue weighted by molar-refractivity contribution is 9.10. The topological polar surface area (TPSA) is 39.2 Å². The molecule has 2 nitrogen and oxygen atoms in total. The van der Waals surface area contributed by atoms with Crippen molar-refractivity contribution in [3.05, 3.63) is 22.6 Å². The third kappa shape index (κ3) is 1.34. The lowest BCUT2D eigenvalue weighted by Gasteiger charge is -1.98. The van der Waals surface area contributed by atoms with Gasteiger partial charge in [-0.3, -0.25) is 0 Å². The Balaban J connectivity index is 2.94. The molecule has 1 aromatic heterocycles. The molecule has 0 aromatic carbocycles. The second-order valence-corrected chi connectivity index (χ2v) is 2.82. The van der Waals surface area contributed by atoms with E-state index in [0.29, 0.717) is 0 Å². The number of rotatable bonds is 1. The van der Waals surface area contributed by atoms with Gasteiger partial charge in [0.1, 0.15) is 6.26 Å². The van der Waals surface area contributed by atoms with Crippen LogP contribution < -0.4 is 5.73 Å². The van der Waals surface area contributed by atoms with Gasteiger partial charge in [-0.15, -0.1) is 0 Å². The zero-order valence-electron chi connectivity index (χ0n) is 5.10. The summed E-state index contributed by atoms with van der Waals surface area (Å²) < 4.78 is 5.82. The first-order valence-electron chi connectivity index (χ1n) is 2.69. The van der Waals surface area contributed by atoms with Gasteiger partial charge in [0.2, 0.25) is 0 Å². The SMILES string of the molecule is C[C@H](N)c1cocc1Br. The van der Waals surface area contributed by atoms with Gasteiger partial charge in [0.25, 0.3) is 0 Å². The highest BCUT2D eigenvalue weighted by atomic mass is 79.9. The standard InChI is InChI=1S/C6H8BrNO/c1-4(8)5-2-9-3-6(5)7/h2-4H,8H2,1H3/t4-/m0/s1. The first-order chi connectivity index (χ1) is 4.22. The zero-order chi connectivity index (χ0) is 6.85. The first kappa shape index (κ1) is 6.83. The van der Waals surface area contributed by atoms with E-state index in [1.165, 1.54) is 0 Å². The molecule has 1 rings (SSSR count). The summed E-state index contributed by atoms with van der Waals surface area (Å²) in [6.45, 7) is 1.91. The van der Waals surface area contributed by atoms with E-state index in [0.717, 1.165) is 10.0 Å². The first-order valence-corrected chi connectivity index (χ1v) is 3.48. The molecule has 0 saturated heterocycles. The molecule has 1 aromatic rings. The Bertz CT molecular complexity index is 195. The van der Waals surface area contributed by atoms with Crippen molar-refractivity contribution in [3.63, 3.8) is 0 Å². The number of hydrogen-bond donors (Lipinski definition) is 1. The summed E-state index contributed by atoms with van der Waals surface area (Å²) in [6.07, 6.45) is 3.27. The summed E-state index contributed by atoms with van der Waals surface area (Å²) >= 11 is 3.29. The maximum atomic E-state index is 5.57. The highest BCUT2D eigenvalue weighted by Gasteiger charge is 2.05. The molecule has 0 fully saturated rings. The largest absolute Gasteiger partial charge is 0.471 e. The van der Waals surface area contributed by atoms with Crippen molar-refractivity contribution < 1.29 is 4.42 Å². The van der Waals surface area contributed by atoms with Crippen molar-refractivity contribution in [2.24, 2.45) is 5.73 Å².